The van der Waals surface area contributed by atoms with Crippen LogP contribution in [-0.4, -0.2) is 24.4 Å². The van der Waals surface area contributed by atoms with Crippen molar-refractivity contribution in [1.82, 2.24) is 10.6 Å². The zero-order chi connectivity index (χ0) is 22.3. The molecule has 158 valence electrons. The summed E-state index contributed by atoms with van der Waals surface area (Å²) in [6.45, 7) is 3.37. The van der Waals surface area contributed by atoms with Crippen LogP contribution in [0.2, 0.25) is 0 Å². The van der Waals surface area contributed by atoms with Crippen LogP contribution in [0.1, 0.15) is 35.3 Å². The lowest BCUT2D eigenvalue weighted by atomic mass is 10.0. The van der Waals surface area contributed by atoms with Crippen molar-refractivity contribution in [1.29, 1.82) is 0 Å². The molecule has 8 heteroatoms. The zero-order valence-corrected chi connectivity index (χ0v) is 16.3. The van der Waals surface area contributed by atoms with Gasteiger partial charge in [0.15, 0.2) is 0 Å². The standard InChI is InChI=1S/C22H20F4N2O2/c1-14(2)19(28-20(29)16-8-10-18(23)11-9-16)21(30)27-12-4-6-15-5-3-7-17(13-15)22(24,25)26/h3,5,7-11,13-14,19H,12H2,1-2H3,(H,27,30)(H,28,29). The highest BCUT2D eigenvalue weighted by Gasteiger charge is 2.30. The Kier molecular flexibility index (Phi) is 7.59. The van der Waals surface area contributed by atoms with Crippen LogP contribution in [0.3, 0.4) is 0 Å². The van der Waals surface area contributed by atoms with Crippen molar-refractivity contribution < 1.29 is 27.2 Å². The van der Waals surface area contributed by atoms with E-state index in [-0.39, 0.29) is 23.6 Å². The van der Waals surface area contributed by atoms with Crippen LogP contribution in [0.25, 0.3) is 0 Å². The van der Waals surface area contributed by atoms with Crippen molar-refractivity contribution in [2.75, 3.05) is 6.54 Å². The molecule has 0 aliphatic carbocycles. The third-order valence-electron chi connectivity index (χ3n) is 4.12. The minimum atomic E-state index is -4.46. The fourth-order valence-corrected chi connectivity index (χ4v) is 2.52. The normalized spacial score (nSPS) is 12.0. The molecule has 2 aromatic rings. The van der Waals surface area contributed by atoms with Gasteiger partial charge in [0, 0.05) is 11.1 Å². The van der Waals surface area contributed by atoms with Crippen molar-refractivity contribution in [2.45, 2.75) is 26.1 Å². The van der Waals surface area contributed by atoms with Crippen LogP contribution >= 0.6 is 0 Å². The number of carbonyl (C=O) groups excluding carboxylic acids is 2. The lowest BCUT2D eigenvalue weighted by Crippen LogP contribution is -2.49. The molecule has 2 N–H and O–H groups in total. The minimum Gasteiger partial charge on any atom is -0.343 e. The maximum absolute atomic E-state index is 13.0. The molecule has 0 bridgehead atoms. The van der Waals surface area contributed by atoms with Gasteiger partial charge in [-0.2, -0.15) is 13.2 Å². The molecule has 4 nitrogen and oxygen atoms in total. The van der Waals surface area contributed by atoms with E-state index in [4.69, 9.17) is 0 Å². The largest absolute Gasteiger partial charge is 0.416 e. The highest BCUT2D eigenvalue weighted by atomic mass is 19.4. The molecule has 0 aliphatic rings. The molecule has 2 rings (SSSR count). The quantitative estimate of drug-likeness (QED) is 0.572. The van der Waals surface area contributed by atoms with E-state index in [1.165, 1.54) is 24.3 Å². The number of amides is 2. The topological polar surface area (TPSA) is 58.2 Å². The predicted octanol–water partition coefficient (Wildman–Crippen LogP) is 3.77. The summed E-state index contributed by atoms with van der Waals surface area (Å²) in [5.41, 5.74) is -0.426. The molecule has 0 aromatic heterocycles. The smallest absolute Gasteiger partial charge is 0.343 e. The van der Waals surface area contributed by atoms with Crippen LogP contribution in [0.15, 0.2) is 48.5 Å². The van der Waals surface area contributed by atoms with Crippen molar-refractivity contribution in [2.24, 2.45) is 5.92 Å². The summed E-state index contributed by atoms with van der Waals surface area (Å²) in [7, 11) is 0. The zero-order valence-electron chi connectivity index (χ0n) is 16.3. The summed E-state index contributed by atoms with van der Waals surface area (Å²) in [5.74, 6) is 3.41. The third-order valence-corrected chi connectivity index (χ3v) is 4.12. The maximum atomic E-state index is 13.0. The molecule has 1 unspecified atom stereocenters. The number of benzene rings is 2. The fourth-order valence-electron chi connectivity index (χ4n) is 2.52. The highest BCUT2D eigenvalue weighted by Crippen LogP contribution is 2.29. The van der Waals surface area contributed by atoms with Crippen molar-refractivity contribution in [3.05, 3.63) is 71.0 Å². The Morgan fingerprint density at radius 3 is 2.33 bits per heavy atom. The molecular weight excluding hydrogens is 400 g/mol. The molecular formula is C22H20F4N2O2. The van der Waals surface area contributed by atoms with Gasteiger partial charge in [-0.25, -0.2) is 4.39 Å². The molecule has 0 aliphatic heterocycles. The summed E-state index contributed by atoms with van der Waals surface area (Å²) < 4.78 is 51.1. The second-order valence-corrected chi connectivity index (χ2v) is 6.80. The van der Waals surface area contributed by atoms with Gasteiger partial charge in [-0.3, -0.25) is 9.59 Å². The highest BCUT2D eigenvalue weighted by molar-refractivity contribution is 5.97. The van der Waals surface area contributed by atoms with E-state index in [0.29, 0.717) is 0 Å². The maximum Gasteiger partial charge on any atom is 0.416 e. The number of hydrogen-bond acceptors (Lipinski definition) is 2. The molecule has 0 fully saturated rings. The number of carbonyl (C=O) groups is 2. The fraction of sp³-hybridized carbons (Fsp3) is 0.273. The van der Waals surface area contributed by atoms with Gasteiger partial charge < -0.3 is 10.6 Å². The van der Waals surface area contributed by atoms with Crippen molar-refractivity contribution in [3.63, 3.8) is 0 Å². The number of halogens is 4. The molecule has 30 heavy (non-hydrogen) atoms. The number of alkyl halides is 3. The SMILES string of the molecule is CC(C)C(NC(=O)c1ccc(F)cc1)C(=O)NCC#Cc1cccc(C(F)(F)F)c1. The monoisotopic (exact) mass is 420 g/mol. The number of hydrogen-bond donors (Lipinski definition) is 2. The van der Waals surface area contributed by atoms with E-state index in [1.54, 1.807) is 13.8 Å². The minimum absolute atomic E-state index is 0.106. The van der Waals surface area contributed by atoms with E-state index in [0.717, 1.165) is 24.3 Å². The lowest BCUT2D eigenvalue weighted by Gasteiger charge is -2.21. The third kappa shape index (κ3) is 6.62. The Balaban J connectivity index is 1.97. The second kappa shape index (κ2) is 9.92. The Bertz CT molecular complexity index is 958. The lowest BCUT2D eigenvalue weighted by molar-refractivity contribution is -0.137. The van der Waals surface area contributed by atoms with Crippen LogP contribution in [0, 0.1) is 23.6 Å². The molecule has 0 saturated heterocycles. The second-order valence-electron chi connectivity index (χ2n) is 6.80. The first kappa shape index (κ1) is 22.9. The first-order chi connectivity index (χ1) is 14.1. The van der Waals surface area contributed by atoms with Gasteiger partial charge in [-0.15, -0.1) is 0 Å². The molecule has 0 saturated carbocycles. The Morgan fingerprint density at radius 2 is 1.73 bits per heavy atom. The summed E-state index contributed by atoms with van der Waals surface area (Å²) in [6.07, 6.45) is -4.46. The molecule has 2 aromatic carbocycles. The van der Waals surface area contributed by atoms with Gasteiger partial charge in [0.25, 0.3) is 5.91 Å². The van der Waals surface area contributed by atoms with Gasteiger partial charge >= 0.3 is 6.18 Å². The van der Waals surface area contributed by atoms with Gasteiger partial charge in [0.2, 0.25) is 5.91 Å². The molecule has 0 spiro atoms. The molecule has 0 heterocycles. The molecule has 1 atom stereocenters. The van der Waals surface area contributed by atoms with Crippen LogP contribution in [0.4, 0.5) is 17.6 Å². The molecule has 2 amide bonds. The summed E-state index contributed by atoms with van der Waals surface area (Å²) in [6, 6.07) is 8.60. The van der Waals surface area contributed by atoms with Gasteiger partial charge in [0.05, 0.1) is 12.1 Å². The van der Waals surface area contributed by atoms with E-state index in [2.05, 4.69) is 22.5 Å². The average Bonchev–Trinajstić information content (AvgIpc) is 2.69. The van der Waals surface area contributed by atoms with Crippen LogP contribution < -0.4 is 10.6 Å². The van der Waals surface area contributed by atoms with E-state index in [9.17, 15) is 27.2 Å². The van der Waals surface area contributed by atoms with Gasteiger partial charge in [-0.05, 0) is 48.4 Å². The summed E-state index contributed by atoms with van der Waals surface area (Å²) in [5, 5.41) is 5.12. The van der Waals surface area contributed by atoms with Crippen LogP contribution in [0.5, 0.6) is 0 Å². The van der Waals surface area contributed by atoms with E-state index < -0.39 is 35.4 Å². The Morgan fingerprint density at radius 1 is 1.07 bits per heavy atom. The first-order valence-corrected chi connectivity index (χ1v) is 9.08. The van der Waals surface area contributed by atoms with Crippen LogP contribution in [-0.2, 0) is 11.0 Å². The molecule has 0 radical (unpaired) electrons. The summed E-state index contributed by atoms with van der Waals surface area (Å²) >= 11 is 0. The Hall–Kier alpha value is -3.34. The summed E-state index contributed by atoms with van der Waals surface area (Å²) in [4.78, 5) is 24.7. The predicted molar refractivity (Wildman–Crippen MR) is 104 cm³/mol. The van der Waals surface area contributed by atoms with Gasteiger partial charge in [-0.1, -0.05) is 31.8 Å². The Labute approximate surface area is 171 Å². The number of rotatable bonds is 5. The first-order valence-electron chi connectivity index (χ1n) is 9.08. The van der Waals surface area contributed by atoms with Crippen molar-refractivity contribution >= 4 is 11.8 Å². The average molecular weight is 420 g/mol. The van der Waals surface area contributed by atoms with Gasteiger partial charge in [0.1, 0.15) is 11.9 Å². The van der Waals surface area contributed by atoms with E-state index in [1.807, 2.05) is 0 Å². The number of nitrogens with one attached hydrogen (secondary N) is 2. The van der Waals surface area contributed by atoms with Crippen molar-refractivity contribution in [3.8, 4) is 11.8 Å². The van der Waals surface area contributed by atoms with E-state index >= 15 is 0 Å².